The van der Waals surface area contributed by atoms with Gasteiger partial charge in [-0.2, -0.15) is 0 Å². The van der Waals surface area contributed by atoms with Gasteiger partial charge in [-0.25, -0.2) is 9.97 Å². The van der Waals surface area contributed by atoms with Gasteiger partial charge in [-0.1, -0.05) is 35.9 Å². The van der Waals surface area contributed by atoms with Crippen LogP contribution in [0.1, 0.15) is 0 Å². The predicted octanol–water partition coefficient (Wildman–Crippen LogP) is 4.70. The molecule has 0 fully saturated rings. The first kappa shape index (κ1) is 11.4. The van der Waals surface area contributed by atoms with Crippen LogP contribution in [0, 0.1) is 0 Å². The lowest BCUT2D eigenvalue weighted by molar-refractivity contribution is 0.653. The van der Waals surface area contributed by atoms with Gasteiger partial charge in [-0.05, 0) is 24.3 Å². The molecule has 2 aromatic heterocycles. The summed E-state index contributed by atoms with van der Waals surface area (Å²) in [7, 11) is 0. The molecule has 96 valence electrons. The van der Waals surface area contributed by atoms with E-state index in [1.54, 1.807) is 6.20 Å². The minimum atomic E-state index is 0.554. The van der Waals surface area contributed by atoms with Crippen molar-refractivity contribution in [3.05, 3.63) is 59.8 Å². The maximum Gasteiger partial charge on any atom is 0.246 e. The van der Waals surface area contributed by atoms with Gasteiger partial charge in [0, 0.05) is 16.0 Å². The molecule has 0 aliphatic rings. The summed E-state index contributed by atoms with van der Waals surface area (Å²) in [5.74, 6) is 0. The second-order valence-corrected chi connectivity index (χ2v) is 4.95. The van der Waals surface area contributed by atoms with Crippen LogP contribution >= 0.6 is 11.6 Å². The van der Waals surface area contributed by atoms with Gasteiger partial charge in [-0.15, -0.1) is 0 Å². The van der Waals surface area contributed by atoms with E-state index in [-0.39, 0.29) is 0 Å². The quantitative estimate of drug-likeness (QED) is 0.507. The Bertz CT molecular complexity index is 913. The molecule has 20 heavy (non-hydrogen) atoms. The molecule has 0 N–H and O–H groups in total. The highest BCUT2D eigenvalue weighted by atomic mass is 35.5. The smallest absolute Gasteiger partial charge is 0.246 e. The molecular formula is C16H9ClN2O. The molecule has 0 saturated heterocycles. The van der Waals surface area contributed by atoms with Crippen LogP contribution in [0.3, 0.4) is 0 Å². The number of hydrogen-bond donors (Lipinski definition) is 0. The van der Waals surface area contributed by atoms with E-state index >= 15 is 0 Å². The molecule has 2 aromatic carbocycles. The van der Waals surface area contributed by atoms with Crippen LogP contribution in [0.2, 0.25) is 5.02 Å². The molecule has 0 bridgehead atoms. The highest BCUT2D eigenvalue weighted by Gasteiger charge is 2.10. The van der Waals surface area contributed by atoms with Gasteiger partial charge < -0.3 is 4.42 Å². The molecular weight excluding hydrogens is 272 g/mol. The van der Waals surface area contributed by atoms with Gasteiger partial charge in [0.2, 0.25) is 5.71 Å². The van der Waals surface area contributed by atoms with Gasteiger partial charge in [0.25, 0.3) is 0 Å². The lowest BCUT2D eigenvalue weighted by Crippen LogP contribution is -1.86. The molecule has 0 amide bonds. The monoisotopic (exact) mass is 280 g/mol. The Balaban J connectivity index is 1.94. The SMILES string of the molecule is Clc1ccc(-c2cnc3c(n2)oc2ccccc23)cc1. The molecule has 0 aliphatic carbocycles. The summed E-state index contributed by atoms with van der Waals surface area (Å²) in [4.78, 5) is 9.02. The Labute approximate surface area is 119 Å². The van der Waals surface area contributed by atoms with Gasteiger partial charge in [0.15, 0.2) is 0 Å². The van der Waals surface area contributed by atoms with E-state index in [0.29, 0.717) is 10.7 Å². The van der Waals surface area contributed by atoms with Crippen LogP contribution < -0.4 is 0 Å². The first-order chi connectivity index (χ1) is 9.81. The van der Waals surface area contributed by atoms with Crippen molar-refractivity contribution in [2.24, 2.45) is 0 Å². The van der Waals surface area contributed by atoms with E-state index in [1.165, 1.54) is 0 Å². The third-order valence-corrected chi connectivity index (χ3v) is 3.48. The van der Waals surface area contributed by atoms with Gasteiger partial charge in [-0.3, -0.25) is 0 Å². The molecule has 4 aromatic rings. The maximum atomic E-state index is 5.89. The normalized spacial score (nSPS) is 11.2. The molecule has 3 nitrogen and oxygen atoms in total. The minimum absolute atomic E-state index is 0.554. The highest BCUT2D eigenvalue weighted by Crippen LogP contribution is 2.27. The number of fused-ring (bicyclic) bond motifs is 3. The summed E-state index contributed by atoms with van der Waals surface area (Å²) >= 11 is 5.89. The van der Waals surface area contributed by atoms with Crippen LogP contribution in [0.25, 0.3) is 33.5 Å². The molecule has 0 saturated carbocycles. The van der Waals surface area contributed by atoms with Crippen molar-refractivity contribution in [2.75, 3.05) is 0 Å². The summed E-state index contributed by atoms with van der Waals surface area (Å²) in [6.45, 7) is 0. The summed E-state index contributed by atoms with van der Waals surface area (Å²) in [5, 5.41) is 1.68. The molecule has 4 rings (SSSR count). The van der Waals surface area contributed by atoms with Crippen LogP contribution in [0.15, 0.2) is 59.1 Å². The average Bonchev–Trinajstić information content (AvgIpc) is 2.85. The van der Waals surface area contributed by atoms with E-state index in [9.17, 15) is 0 Å². The third-order valence-electron chi connectivity index (χ3n) is 3.23. The fraction of sp³-hybridized carbons (Fsp3) is 0. The first-order valence-electron chi connectivity index (χ1n) is 6.21. The summed E-state index contributed by atoms with van der Waals surface area (Å²) in [6, 6.07) is 15.3. The summed E-state index contributed by atoms with van der Waals surface area (Å²) in [5.41, 5.74) is 3.88. The minimum Gasteiger partial charge on any atom is -0.436 e. The molecule has 4 heteroatoms. The lowest BCUT2D eigenvalue weighted by atomic mass is 10.1. The molecule has 0 spiro atoms. The second kappa shape index (κ2) is 4.32. The van der Waals surface area contributed by atoms with Crippen molar-refractivity contribution in [1.82, 2.24) is 9.97 Å². The van der Waals surface area contributed by atoms with Crippen molar-refractivity contribution in [1.29, 1.82) is 0 Å². The number of benzene rings is 2. The second-order valence-electron chi connectivity index (χ2n) is 4.51. The Morgan fingerprint density at radius 1 is 0.950 bits per heavy atom. The highest BCUT2D eigenvalue weighted by molar-refractivity contribution is 6.30. The summed E-state index contributed by atoms with van der Waals surface area (Å²) in [6.07, 6.45) is 1.76. The first-order valence-corrected chi connectivity index (χ1v) is 6.59. The molecule has 0 aliphatic heterocycles. The fourth-order valence-electron chi connectivity index (χ4n) is 2.24. The Morgan fingerprint density at radius 2 is 1.75 bits per heavy atom. The number of nitrogens with zero attached hydrogens (tertiary/aromatic N) is 2. The topological polar surface area (TPSA) is 38.9 Å². The Hall–Kier alpha value is -2.39. The van der Waals surface area contributed by atoms with Gasteiger partial charge in [0.1, 0.15) is 11.1 Å². The number of furan rings is 1. The van der Waals surface area contributed by atoms with Crippen LogP contribution in [0.5, 0.6) is 0 Å². The maximum absolute atomic E-state index is 5.89. The summed E-state index contributed by atoms with van der Waals surface area (Å²) < 4.78 is 5.74. The zero-order chi connectivity index (χ0) is 13.5. The zero-order valence-electron chi connectivity index (χ0n) is 10.4. The number of hydrogen-bond acceptors (Lipinski definition) is 3. The number of halogens is 1. The number of rotatable bonds is 1. The van der Waals surface area contributed by atoms with Crippen molar-refractivity contribution in [3.8, 4) is 11.3 Å². The van der Waals surface area contributed by atoms with E-state index in [0.717, 1.165) is 27.7 Å². The van der Waals surface area contributed by atoms with E-state index in [1.807, 2.05) is 48.5 Å². The average molecular weight is 281 g/mol. The van der Waals surface area contributed by atoms with Crippen LogP contribution in [0.4, 0.5) is 0 Å². The number of aromatic nitrogens is 2. The third kappa shape index (κ3) is 1.75. The molecule has 0 radical (unpaired) electrons. The van der Waals surface area contributed by atoms with E-state index in [4.69, 9.17) is 16.0 Å². The standard InChI is InChI=1S/C16H9ClN2O/c17-11-7-5-10(6-8-11)13-9-18-15-12-3-1-2-4-14(12)20-16(15)19-13/h1-9H. The van der Waals surface area contributed by atoms with Crippen molar-refractivity contribution < 1.29 is 4.42 Å². The number of para-hydroxylation sites is 1. The van der Waals surface area contributed by atoms with Crippen molar-refractivity contribution in [3.63, 3.8) is 0 Å². The fourth-order valence-corrected chi connectivity index (χ4v) is 2.37. The molecule has 0 unspecified atom stereocenters. The molecule has 0 atom stereocenters. The van der Waals surface area contributed by atoms with Gasteiger partial charge in [0.05, 0.1) is 11.9 Å². The van der Waals surface area contributed by atoms with Crippen LogP contribution in [-0.4, -0.2) is 9.97 Å². The van der Waals surface area contributed by atoms with E-state index in [2.05, 4.69) is 9.97 Å². The van der Waals surface area contributed by atoms with Gasteiger partial charge >= 0.3 is 0 Å². The van der Waals surface area contributed by atoms with Crippen molar-refractivity contribution in [2.45, 2.75) is 0 Å². The molecule has 2 heterocycles. The predicted molar refractivity (Wildman–Crippen MR) is 79.8 cm³/mol. The Morgan fingerprint density at radius 3 is 2.60 bits per heavy atom. The van der Waals surface area contributed by atoms with E-state index < -0.39 is 0 Å². The van der Waals surface area contributed by atoms with Crippen molar-refractivity contribution >= 4 is 33.8 Å². The Kier molecular flexibility index (Phi) is 2.47. The van der Waals surface area contributed by atoms with Crippen LogP contribution in [-0.2, 0) is 0 Å². The lowest BCUT2D eigenvalue weighted by Gasteiger charge is -1.99. The zero-order valence-corrected chi connectivity index (χ0v) is 11.1. The largest absolute Gasteiger partial charge is 0.436 e.